The fraction of sp³-hybridized carbons (Fsp3) is 0.273. The van der Waals surface area contributed by atoms with E-state index in [0.29, 0.717) is 17.1 Å². The van der Waals surface area contributed by atoms with Gasteiger partial charge in [-0.05, 0) is 11.4 Å². The Labute approximate surface area is 103 Å². The third-order valence-electron chi connectivity index (χ3n) is 1.82. The van der Waals surface area contributed by atoms with Crippen molar-refractivity contribution < 1.29 is 14.3 Å². The molecule has 5 nitrogen and oxygen atoms in total. The number of terminal acetylenes is 1. The summed E-state index contributed by atoms with van der Waals surface area (Å²) in [5, 5.41) is 7.06. The first-order chi connectivity index (χ1) is 8.19. The summed E-state index contributed by atoms with van der Waals surface area (Å²) >= 11 is 1.21. The standard InChI is InChI=1S/C11H12N2O3S/c1-3-5-12-7-9(14)13-8-4-6-17-10(8)11(15)16-2/h1,4,6,12H,5,7H2,2H3,(H,13,14). The highest BCUT2D eigenvalue weighted by Crippen LogP contribution is 2.22. The van der Waals surface area contributed by atoms with Crippen molar-refractivity contribution in [3.63, 3.8) is 0 Å². The van der Waals surface area contributed by atoms with Crippen molar-refractivity contribution >= 4 is 28.9 Å². The molecule has 0 spiro atoms. The van der Waals surface area contributed by atoms with Gasteiger partial charge in [-0.2, -0.15) is 0 Å². The van der Waals surface area contributed by atoms with Crippen LogP contribution < -0.4 is 10.6 Å². The van der Waals surface area contributed by atoms with Gasteiger partial charge in [0.1, 0.15) is 4.88 Å². The lowest BCUT2D eigenvalue weighted by Gasteiger charge is -2.05. The summed E-state index contributed by atoms with van der Waals surface area (Å²) < 4.78 is 4.59. The topological polar surface area (TPSA) is 67.4 Å². The van der Waals surface area contributed by atoms with Crippen LogP contribution in [0.2, 0.25) is 0 Å². The van der Waals surface area contributed by atoms with Gasteiger partial charge in [0.25, 0.3) is 0 Å². The second-order valence-corrected chi connectivity index (χ2v) is 3.93. The zero-order valence-electron chi connectivity index (χ0n) is 9.28. The average molecular weight is 252 g/mol. The van der Waals surface area contributed by atoms with Crippen molar-refractivity contribution in [2.45, 2.75) is 0 Å². The summed E-state index contributed by atoms with van der Waals surface area (Å²) in [6, 6.07) is 1.65. The van der Waals surface area contributed by atoms with E-state index in [1.165, 1.54) is 18.4 Å². The van der Waals surface area contributed by atoms with Gasteiger partial charge in [0.2, 0.25) is 5.91 Å². The SMILES string of the molecule is C#CCNCC(=O)Nc1ccsc1C(=O)OC. The Bertz CT molecular complexity index is 448. The molecule has 0 aromatic carbocycles. The van der Waals surface area contributed by atoms with Crippen LogP contribution >= 0.6 is 11.3 Å². The van der Waals surface area contributed by atoms with Crippen LogP contribution in [0, 0.1) is 12.3 Å². The van der Waals surface area contributed by atoms with E-state index in [2.05, 4.69) is 21.3 Å². The lowest BCUT2D eigenvalue weighted by Crippen LogP contribution is -2.28. The highest BCUT2D eigenvalue weighted by Gasteiger charge is 2.14. The van der Waals surface area contributed by atoms with Crippen LogP contribution in [0.15, 0.2) is 11.4 Å². The van der Waals surface area contributed by atoms with E-state index in [9.17, 15) is 9.59 Å². The van der Waals surface area contributed by atoms with Crippen molar-refractivity contribution in [2.24, 2.45) is 0 Å². The lowest BCUT2D eigenvalue weighted by atomic mass is 10.3. The summed E-state index contributed by atoms with van der Waals surface area (Å²) in [4.78, 5) is 23.2. The molecule has 0 radical (unpaired) electrons. The molecule has 0 aliphatic carbocycles. The lowest BCUT2D eigenvalue weighted by molar-refractivity contribution is -0.115. The summed E-state index contributed by atoms with van der Waals surface area (Å²) in [7, 11) is 1.29. The number of hydrogen-bond acceptors (Lipinski definition) is 5. The second-order valence-electron chi connectivity index (χ2n) is 3.01. The number of ether oxygens (including phenoxy) is 1. The average Bonchev–Trinajstić information content (AvgIpc) is 2.76. The van der Waals surface area contributed by atoms with Gasteiger partial charge in [-0.15, -0.1) is 17.8 Å². The molecule has 0 aliphatic rings. The molecule has 1 heterocycles. The fourth-order valence-corrected chi connectivity index (χ4v) is 1.87. The molecule has 0 fully saturated rings. The molecular weight excluding hydrogens is 240 g/mol. The molecule has 1 aromatic heterocycles. The van der Waals surface area contributed by atoms with Crippen molar-refractivity contribution in [2.75, 3.05) is 25.5 Å². The number of thiophene rings is 1. The number of anilines is 1. The van der Waals surface area contributed by atoms with E-state index >= 15 is 0 Å². The minimum absolute atomic E-state index is 0.0979. The van der Waals surface area contributed by atoms with Crippen LogP contribution in [0.5, 0.6) is 0 Å². The number of rotatable bonds is 5. The molecule has 2 N–H and O–H groups in total. The number of carbonyl (C=O) groups excluding carboxylic acids is 2. The van der Waals surface area contributed by atoms with E-state index < -0.39 is 5.97 Å². The molecule has 0 unspecified atom stereocenters. The number of carbonyl (C=O) groups is 2. The van der Waals surface area contributed by atoms with Gasteiger partial charge in [0.15, 0.2) is 0 Å². The fourth-order valence-electron chi connectivity index (χ4n) is 1.10. The minimum atomic E-state index is -0.466. The minimum Gasteiger partial charge on any atom is -0.465 e. The van der Waals surface area contributed by atoms with Crippen LogP contribution in [0.4, 0.5) is 5.69 Å². The molecule has 0 aliphatic heterocycles. The molecule has 1 amide bonds. The second kappa shape index (κ2) is 6.68. The summed E-state index contributed by atoms with van der Waals surface area (Å²) in [6.45, 7) is 0.418. The van der Waals surface area contributed by atoms with Crippen molar-refractivity contribution in [3.8, 4) is 12.3 Å². The van der Waals surface area contributed by atoms with Crippen LogP contribution in [-0.2, 0) is 9.53 Å². The van der Waals surface area contributed by atoms with Gasteiger partial charge in [-0.1, -0.05) is 5.92 Å². The number of hydrogen-bond donors (Lipinski definition) is 2. The molecule has 0 atom stereocenters. The number of nitrogens with one attached hydrogen (secondary N) is 2. The van der Waals surface area contributed by atoms with Crippen LogP contribution in [0.3, 0.4) is 0 Å². The molecule has 17 heavy (non-hydrogen) atoms. The molecule has 1 aromatic rings. The number of amides is 1. The Hall–Kier alpha value is -1.84. The number of esters is 1. The van der Waals surface area contributed by atoms with Gasteiger partial charge in [0.05, 0.1) is 25.9 Å². The third kappa shape index (κ3) is 3.90. The highest BCUT2D eigenvalue weighted by molar-refractivity contribution is 7.12. The summed E-state index contributed by atoms with van der Waals surface area (Å²) in [5.41, 5.74) is 0.453. The maximum absolute atomic E-state index is 11.5. The van der Waals surface area contributed by atoms with Gasteiger partial charge >= 0.3 is 5.97 Å². The van der Waals surface area contributed by atoms with Gasteiger partial charge in [-0.25, -0.2) is 4.79 Å². The Balaban J connectivity index is 2.57. The van der Waals surface area contributed by atoms with Crippen molar-refractivity contribution in [1.82, 2.24) is 5.32 Å². The summed E-state index contributed by atoms with van der Waals surface area (Å²) in [5.74, 6) is 1.63. The normalized spacial score (nSPS) is 9.41. The van der Waals surface area contributed by atoms with E-state index in [1.807, 2.05) is 0 Å². The Kier molecular flexibility index (Phi) is 5.20. The maximum Gasteiger partial charge on any atom is 0.350 e. The van der Waals surface area contributed by atoms with E-state index in [-0.39, 0.29) is 12.5 Å². The van der Waals surface area contributed by atoms with Crippen molar-refractivity contribution in [1.29, 1.82) is 0 Å². The van der Waals surface area contributed by atoms with Gasteiger partial charge in [-0.3, -0.25) is 10.1 Å². The smallest absolute Gasteiger partial charge is 0.350 e. The quantitative estimate of drug-likeness (QED) is 0.460. The van der Waals surface area contributed by atoms with Crippen LogP contribution in [0.1, 0.15) is 9.67 Å². The predicted octanol–water partition coefficient (Wildman–Crippen LogP) is 0.696. The van der Waals surface area contributed by atoms with Crippen LogP contribution in [-0.4, -0.2) is 32.1 Å². The molecule has 0 saturated carbocycles. The van der Waals surface area contributed by atoms with Crippen molar-refractivity contribution in [3.05, 3.63) is 16.3 Å². The zero-order chi connectivity index (χ0) is 12.7. The van der Waals surface area contributed by atoms with E-state index in [1.54, 1.807) is 11.4 Å². The van der Waals surface area contributed by atoms with Gasteiger partial charge in [0, 0.05) is 0 Å². The largest absolute Gasteiger partial charge is 0.465 e. The molecule has 90 valence electrons. The molecular formula is C11H12N2O3S. The molecule has 6 heteroatoms. The summed E-state index contributed by atoms with van der Waals surface area (Å²) in [6.07, 6.45) is 5.03. The number of methoxy groups -OCH3 is 1. The zero-order valence-corrected chi connectivity index (χ0v) is 10.1. The first-order valence-corrected chi connectivity index (χ1v) is 5.66. The first kappa shape index (κ1) is 13.2. The highest BCUT2D eigenvalue weighted by atomic mass is 32.1. The maximum atomic E-state index is 11.5. The predicted molar refractivity (Wildman–Crippen MR) is 66.0 cm³/mol. The van der Waals surface area contributed by atoms with Crippen LogP contribution in [0.25, 0.3) is 0 Å². The monoisotopic (exact) mass is 252 g/mol. The molecule has 0 saturated heterocycles. The molecule has 0 bridgehead atoms. The third-order valence-corrected chi connectivity index (χ3v) is 2.72. The Morgan fingerprint density at radius 2 is 2.35 bits per heavy atom. The molecule has 1 rings (SSSR count). The Morgan fingerprint density at radius 1 is 1.59 bits per heavy atom. The van der Waals surface area contributed by atoms with E-state index in [4.69, 9.17) is 6.42 Å². The Morgan fingerprint density at radius 3 is 3.00 bits per heavy atom. The van der Waals surface area contributed by atoms with E-state index in [0.717, 1.165) is 0 Å². The van der Waals surface area contributed by atoms with Gasteiger partial charge < -0.3 is 10.1 Å². The first-order valence-electron chi connectivity index (χ1n) is 4.79.